The number of alkyl halides is 3. The SMILES string of the molecule is COc1cc(OC)cc(C(=O)NCCNC(=O)c2ccc(C(F)(F)F)cc2)c1. The molecule has 6 nitrogen and oxygen atoms in total. The zero-order chi connectivity index (χ0) is 20.7. The van der Waals surface area contributed by atoms with E-state index in [1.54, 1.807) is 18.2 Å². The predicted octanol–water partition coefficient (Wildman–Crippen LogP) is 2.88. The van der Waals surface area contributed by atoms with E-state index in [-0.39, 0.29) is 24.6 Å². The molecule has 0 aliphatic heterocycles. The van der Waals surface area contributed by atoms with Gasteiger partial charge in [-0.05, 0) is 36.4 Å². The average molecular weight is 396 g/mol. The maximum Gasteiger partial charge on any atom is 0.416 e. The lowest BCUT2D eigenvalue weighted by Crippen LogP contribution is -2.34. The maximum atomic E-state index is 12.5. The molecule has 2 N–H and O–H groups in total. The summed E-state index contributed by atoms with van der Waals surface area (Å²) in [5, 5.41) is 5.15. The number of benzene rings is 2. The zero-order valence-corrected chi connectivity index (χ0v) is 15.2. The minimum atomic E-state index is -4.46. The van der Waals surface area contributed by atoms with Crippen LogP contribution in [0.2, 0.25) is 0 Å². The summed E-state index contributed by atoms with van der Waals surface area (Å²) in [4.78, 5) is 24.1. The Labute approximate surface area is 159 Å². The van der Waals surface area contributed by atoms with Crippen LogP contribution >= 0.6 is 0 Å². The van der Waals surface area contributed by atoms with Gasteiger partial charge in [0.05, 0.1) is 19.8 Å². The Balaban J connectivity index is 1.85. The first-order chi connectivity index (χ1) is 13.2. The zero-order valence-electron chi connectivity index (χ0n) is 15.2. The third-order valence-electron chi connectivity index (χ3n) is 3.78. The number of carbonyl (C=O) groups excluding carboxylic acids is 2. The van der Waals surface area contributed by atoms with Crippen molar-refractivity contribution < 1.29 is 32.2 Å². The fraction of sp³-hybridized carbons (Fsp3) is 0.263. The Morgan fingerprint density at radius 2 is 1.29 bits per heavy atom. The summed E-state index contributed by atoms with van der Waals surface area (Å²) >= 11 is 0. The molecule has 0 fully saturated rings. The molecule has 0 radical (unpaired) electrons. The van der Waals surface area contributed by atoms with E-state index in [1.165, 1.54) is 14.2 Å². The fourth-order valence-electron chi connectivity index (χ4n) is 2.31. The molecule has 0 aliphatic rings. The first kappa shape index (κ1) is 21.1. The molecule has 0 heterocycles. The Morgan fingerprint density at radius 1 is 0.821 bits per heavy atom. The van der Waals surface area contributed by atoms with Crippen LogP contribution in [0.1, 0.15) is 26.3 Å². The van der Waals surface area contributed by atoms with Crippen LogP contribution in [0.4, 0.5) is 13.2 Å². The molecule has 2 amide bonds. The number of halogens is 3. The molecular weight excluding hydrogens is 377 g/mol. The van der Waals surface area contributed by atoms with E-state index >= 15 is 0 Å². The monoisotopic (exact) mass is 396 g/mol. The normalized spacial score (nSPS) is 10.9. The highest BCUT2D eigenvalue weighted by molar-refractivity contribution is 5.95. The fourth-order valence-corrected chi connectivity index (χ4v) is 2.31. The van der Waals surface area contributed by atoms with Crippen LogP contribution in [0.15, 0.2) is 42.5 Å². The van der Waals surface area contributed by atoms with Gasteiger partial charge in [0, 0.05) is 30.3 Å². The van der Waals surface area contributed by atoms with Crippen molar-refractivity contribution in [2.45, 2.75) is 6.18 Å². The van der Waals surface area contributed by atoms with Crippen LogP contribution in [0.5, 0.6) is 11.5 Å². The van der Waals surface area contributed by atoms with Crippen molar-refractivity contribution in [2.75, 3.05) is 27.3 Å². The van der Waals surface area contributed by atoms with Gasteiger partial charge >= 0.3 is 6.18 Å². The van der Waals surface area contributed by atoms with Crippen molar-refractivity contribution in [1.82, 2.24) is 10.6 Å². The molecule has 9 heteroatoms. The summed E-state index contributed by atoms with van der Waals surface area (Å²) in [6.07, 6.45) is -4.46. The van der Waals surface area contributed by atoms with Crippen LogP contribution in [-0.2, 0) is 6.18 Å². The van der Waals surface area contributed by atoms with Gasteiger partial charge in [0.15, 0.2) is 0 Å². The van der Waals surface area contributed by atoms with Crippen LogP contribution in [0, 0.1) is 0 Å². The standard InChI is InChI=1S/C19H19F3N2O4/c1-27-15-9-13(10-16(11-15)28-2)18(26)24-8-7-23-17(25)12-3-5-14(6-4-12)19(20,21)22/h3-6,9-11H,7-8H2,1-2H3,(H,23,25)(H,24,26). The van der Waals surface area contributed by atoms with Crippen LogP contribution < -0.4 is 20.1 Å². The molecule has 0 saturated heterocycles. The molecule has 2 aromatic rings. The smallest absolute Gasteiger partial charge is 0.416 e. The van der Waals surface area contributed by atoms with Crippen molar-refractivity contribution in [3.8, 4) is 11.5 Å². The average Bonchev–Trinajstić information content (AvgIpc) is 2.69. The highest BCUT2D eigenvalue weighted by Gasteiger charge is 2.30. The van der Waals surface area contributed by atoms with Gasteiger partial charge < -0.3 is 20.1 Å². The summed E-state index contributed by atoms with van der Waals surface area (Å²) < 4.78 is 47.8. The van der Waals surface area contributed by atoms with Gasteiger partial charge in [-0.15, -0.1) is 0 Å². The summed E-state index contributed by atoms with van der Waals surface area (Å²) in [6, 6.07) is 8.58. The molecule has 2 aromatic carbocycles. The lowest BCUT2D eigenvalue weighted by atomic mass is 10.1. The summed E-state index contributed by atoms with van der Waals surface area (Å²) in [7, 11) is 2.93. The molecule has 150 valence electrons. The molecule has 0 bridgehead atoms. The Kier molecular flexibility index (Phi) is 6.86. The molecule has 2 rings (SSSR count). The van der Waals surface area contributed by atoms with E-state index in [0.29, 0.717) is 17.1 Å². The van der Waals surface area contributed by atoms with E-state index in [0.717, 1.165) is 24.3 Å². The number of rotatable bonds is 7. The Morgan fingerprint density at radius 3 is 1.71 bits per heavy atom. The van der Waals surface area contributed by atoms with E-state index in [2.05, 4.69) is 10.6 Å². The number of nitrogens with one attached hydrogen (secondary N) is 2. The molecule has 0 aliphatic carbocycles. The highest BCUT2D eigenvalue weighted by Crippen LogP contribution is 2.29. The third-order valence-corrected chi connectivity index (χ3v) is 3.78. The number of amides is 2. The molecule has 0 unspecified atom stereocenters. The van der Waals surface area contributed by atoms with Crippen molar-refractivity contribution in [1.29, 1.82) is 0 Å². The summed E-state index contributed by atoms with van der Waals surface area (Å²) in [5.41, 5.74) is -0.410. The molecule has 0 atom stereocenters. The second kappa shape index (κ2) is 9.12. The van der Waals surface area contributed by atoms with E-state index < -0.39 is 17.6 Å². The molecule has 28 heavy (non-hydrogen) atoms. The van der Waals surface area contributed by atoms with Crippen molar-refractivity contribution in [2.24, 2.45) is 0 Å². The molecule has 0 aromatic heterocycles. The minimum Gasteiger partial charge on any atom is -0.497 e. The number of carbonyl (C=O) groups is 2. The molecular formula is C19H19F3N2O4. The van der Waals surface area contributed by atoms with Gasteiger partial charge in [0.2, 0.25) is 0 Å². The first-order valence-corrected chi connectivity index (χ1v) is 8.21. The van der Waals surface area contributed by atoms with Gasteiger partial charge in [-0.2, -0.15) is 13.2 Å². The van der Waals surface area contributed by atoms with Crippen LogP contribution in [0.3, 0.4) is 0 Å². The Hall–Kier alpha value is -3.23. The lowest BCUT2D eigenvalue weighted by molar-refractivity contribution is -0.137. The summed E-state index contributed by atoms with van der Waals surface area (Å²) in [6.45, 7) is 0.234. The second-order valence-electron chi connectivity index (χ2n) is 5.69. The predicted molar refractivity (Wildman–Crippen MR) is 95.7 cm³/mol. The van der Waals surface area contributed by atoms with Crippen molar-refractivity contribution >= 4 is 11.8 Å². The van der Waals surface area contributed by atoms with E-state index in [1.807, 2.05) is 0 Å². The number of hydrogen-bond donors (Lipinski definition) is 2. The van der Waals surface area contributed by atoms with Gasteiger partial charge in [-0.1, -0.05) is 0 Å². The van der Waals surface area contributed by atoms with Gasteiger partial charge in [-0.3, -0.25) is 9.59 Å². The maximum absolute atomic E-state index is 12.5. The molecule has 0 saturated carbocycles. The van der Waals surface area contributed by atoms with Crippen LogP contribution in [0.25, 0.3) is 0 Å². The number of ether oxygens (including phenoxy) is 2. The summed E-state index contributed by atoms with van der Waals surface area (Å²) in [5.74, 6) is -0.00721. The lowest BCUT2D eigenvalue weighted by Gasteiger charge is -2.10. The topological polar surface area (TPSA) is 76.7 Å². The van der Waals surface area contributed by atoms with Gasteiger partial charge in [0.25, 0.3) is 11.8 Å². The first-order valence-electron chi connectivity index (χ1n) is 8.21. The Bertz CT molecular complexity index is 814. The van der Waals surface area contributed by atoms with E-state index in [9.17, 15) is 22.8 Å². The quantitative estimate of drug-likeness (QED) is 0.706. The van der Waals surface area contributed by atoms with E-state index in [4.69, 9.17) is 9.47 Å². The molecule has 0 spiro atoms. The third kappa shape index (κ3) is 5.63. The van der Waals surface area contributed by atoms with Gasteiger partial charge in [-0.25, -0.2) is 0 Å². The van der Waals surface area contributed by atoms with Crippen molar-refractivity contribution in [3.63, 3.8) is 0 Å². The second-order valence-corrected chi connectivity index (χ2v) is 5.69. The number of methoxy groups -OCH3 is 2. The van der Waals surface area contributed by atoms with Gasteiger partial charge in [0.1, 0.15) is 11.5 Å². The number of hydrogen-bond acceptors (Lipinski definition) is 4. The largest absolute Gasteiger partial charge is 0.497 e. The minimum absolute atomic E-state index is 0.0943. The van der Waals surface area contributed by atoms with Crippen molar-refractivity contribution in [3.05, 3.63) is 59.2 Å². The highest BCUT2D eigenvalue weighted by atomic mass is 19.4. The van der Waals surface area contributed by atoms with Crippen LogP contribution in [-0.4, -0.2) is 39.1 Å².